The van der Waals surface area contributed by atoms with E-state index in [1.165, 1.54) is 12.1 Å². The molecule has 3 heterocycles. The van der Waals surface area contributed by atoms with Gasteiger partial charge in [-0.25, -0.2) is 0 Å². The second-order valence-electron chi connectivity index (χ2n) is 8.12. The molecule has 1 aliphatic rings. The number of nitrogens with one attached hydrogen (secondary N) is 2. The Balaban J connectivity index is 1.34. The topological polar surface area (TPSA) is 119 Å². The third-order valence-electron chi connectivity index (χ3n) is 5.77. The third kappa shape index (κ3) is 4.15. The van der Waals surface area contributed by atoms with E-state index >= 15 is 0 Å². The lowest BCUT2D eigenvalue weighted by Gasteiger charge is -2.08. The predicted octanol–water partition coefficient (Wildman–Crippen LogP) is 5.14. The zero-order valence-corrected chi connectivity index (χ0v) is 18.5. The quantitative estimate of drug-likeness (QED) is 0.292. The van der Waals surface area contributed by atoms with E-state index in [4.69, 9.17) is 9.47 Å². The van der Waals surface area contributed by atoms with E-state index < -0.39 is 4.92 Å². The van der Waals surface area contributed by atoms with E-state index in [1.807, 2.05) is 31.2 Å². The Hall–Kier alpha value is -4.40. The average molecular weight is 458 g/mol. The molecule has 0 unspecified atom stereocenters. The Morgan fingerprint density at radius 3 is 2.76 bits per heavy atom. The molecule has 2 N–H and O–H groups in total. The van der Waals surface area contributed by atoms with Crippen LogP contribution in [0.2, 0.25) is 0 Å². The van der Waals surface area contributed by atoms with E-state index in [0.717, 1.165) is 33.4 Å². The molecule has 34 heavy (non-hydrogen) atoms. The summed E-state index contributed by atoms with van der Waals surface area (Å²) in [4.78, 5) is 31.5. The zero-order chi connectivity index (χ0) is 23.7. The van der Waals surface area contributed by atoms with Crippen molar-refractivity contribution in [1.82, 2.24) is 9.97 Å². The van der Waals surface area contributed by atoms with Crippen molar-refractivity contribution in [2.24, 2.45) is 0 Å². The van der Waals surface area contributed by atoms with Crippen LogP contribution < -0.4 is 14.8 Å². The molecular weight excluding hydrogens is 436 g/mol. The maximum Gasteiger partial charge on any atom is 0.296 e. The number of pyridine rings is 1. The van der Waals surface area contributed by atoms with Crippen molar-refractivity contribution in [2.75, 3.05) is 12.1 Å². The minimum Gasteiger partial charge on any atom is -0.454 e. The fourth-order valence-electron chi connectivity index (χ4n) is 4.17. The molecule has 172 valence electrons. The summed E-state index contributed by atoms with van der Waals surface area (Å²) in [5, 5.41) is 15.2. The van der Waals surface area contributed by atoms with Gasteiger partial charge in [-0.1, -0.05) is 17.7 Å². The van der Waals surface area contributed by atoms with Crippen LogP contribution in [0, 0.1) is 17.0 Å². The highest BCUT2D eigenvalue weighted by Crippen LogP contribution is 2.40. The number of aryl methyl sites for hydroxylation is 2. The maximum atomic E-state index is 12.7. The van der Waals surface area contributed by atoms with Crippen molar-refractivity contribution in [3.05, 3.63) is 76.0 Å². The number of benzene rings is 2. The number of nitro benzene ring substituents is 1. The second kappa shape index (κ2) is 8.86. The van der Waals surface area contributed by atoms with Crippen molar-refractivity contribution in [3.8, 4) is 22.9 Å². The fraction of sp³-hybridized carbons (Fsp3) is 0.200. The van der Waals surface area contributed by atoms with Crippen LogP contribution in [0.4, 0.5) is 11.4 Å². The number of aromatic amines is 1. The van der Waals surface area contributed by atoms with E-state index in [1.54, 1.807) is 6.20 Å². The van der Waals surface area contributed by atoms with Crippen LogP contribution in [0.15, 0.2) is 54.7 Å². The van der Waals surface area contributed by atoms with Gasteiger partial charge in [0, 0.05) is 29.6 Å². The van der Waals surface area contributed by atoms with E-state index in [-0.39, 0.29) is 30.5 Å². The van der Waals surface area contributed by atoms with E-state index in [2.05, 4.69) is 27.4 Å². The molecular formula is C25H22N4O5. The molecule has 1 amide bonds. The second-order valence-corrected chi connectivity index (χ2v) is 8.12. The van der Waals surface area contributed by atoms with Gasteiger partial charge in [0.2, 0.25) is 12.7 Å². The highest BCUT2D eigenvalue weighted by atomic mass is 16.7. The number of ether oxygens (including phenoxy) is 2. The van der Waals surface area contributed by atoms with Gasteiger partial charge in [-0.2, -0.15) is 0 Å². The molecule has 0 saturated heterocycles. The van der Waals surface area contributed by atoms with Crippen LogP contribution in [-0.4, -0.2) is 27.6 Å². The molecule has 0 spiro atoms. The summed E-state index contributed by atoms with van der Waals surface area (Å²) in [5.41, 5.74) is 4.90. The minimum absolute atomic E-state index is 0.00735. The molecule has 0 saturated carbocycles. The van der Waals surface area contributed by atoms with Crippen LogP contribution in [0.1, 0.15) is 24.0 Å². The van der Waals surface area contributed by atoms with Crippen LogP contribution in [-0.2, 0) is 11.2 Å². The standard InChI is InChI=1S/C25H22N4O5/c1-15-8-9-18-17(11-15)16(25(28-18)19-6-2-3-10-26-19)5-4-7-24(30)27-20-12-22-23(34-14-33-22)13-21(20)29(31)32/h2-3,6,8-13,28H,4-5,7,14H2,1H3,(H,27,30). The maximum absolute atomic E-state index is 12.7. The molecule has 2 aromatic heterocycles. The van der Waals surface area contributed by atoms with Gasteiger partial charge in [0.15, 0.2) is 11.5 Å². The fourth-order valence-corrected chi connectivity index (χ4v) is 4.17. The smallest absolute Gasteiger partial charge is 0.296 e. The van der Waals surface area contributed by atoms with Crippen LogP contribution in [0.3, 0.4) is 0 Å². The summed E-state index contributed by atoms with van der Waals surface area (Å²) in [6.45, 7) is 2.04. The molecule has 4 aromatic rings. The Morgan fingerprint density at radius 2 is 2.00 bits per heavy atom. The van der Waals surface area contributed by atoms with Crippen molar-refractivity contribution < 1.29 is 19.2 Å². The third-order valence-corrected chi connectivity index (χ3v) is 5.77. The van der Waals surface area contributed by atoms with Crippen molar-refractivity contribution in [2.45, 2.75) is 26.2 Å². The van der Waals surface area contributed by atoms with E-state index in [0.29, 0.717) is 24.3 Å². The van der Waals surface area contributed by atoms with Gasteiger partial charge in [-0.15, -0.1) is 0 Å². The lowest BCUT2D eigenvalue weighted by Crippen LogP contribution is -2.13. The zero-order valence-electron chi connectivity index (χ0n) is 18.5. The van der Waals surface area contributed by atoms with Crippen LogP contribution >= 0.6 is 0 Å². The molecule has 0 aliphatic carbocycles. The number of hydrogen-bond acceptors (Lipinski definition) is 6. The highest BCUT2D eigenvalue weighted by Gasteiger charge is 2.24. The number of carbonyl (C=O) groups excluding carboxylic acids is 1. The van der Waals surface area contributed by atoms with Crippen molar-refractivity contribution in [1.29, 1.82) is 0 Å². The summed E-state index contributed by atoms with van der Waals surface area (Å²) >= 11 is 0. The van der Waals surface area contributed by atoms with Crippen molar-refractivity contribution in [3.63, 3.8) is 0 Å². The number of amides is 1. The van der Waals surface area contributed by atoms with Gasteiger partial charge in [0.05, 0.1) is 22.4 Å². The van der Waals surface area contributed by atoms with Crippen molar-refractivity contribution >= 4 is 28.2 Å². The Morgan fingerprint density at radius 1 is 1.18 bits per heavy atom. The minimum atomic E-state index is -0.551. The first-order valence-electron chi connectivity index (χ1n) is 10.9. The number of fused-ring (bicyclic) bond motifs is 2. The number of carbonyl (C=O) groups is 1. The van der Waals surface area contributed by atoms with Crippen LogP contribution in [0.25, 0.3) is 22.3 Å². The normalized spacial score (nSPS) is 12.1. The molecule has 9 heteroatoms. The van der Waals surface area contributed by atoms with Crippen LogP contribution in [0.5, 0.6) is 11.5 Å². The molecule has 5 rings (SSSR count). The summed E-state index contributed by atoms with van der Waals surface area (Å²) in [5.74, 6) is 0.355. The number of aromatic nitrogens is 2. The molecule has 0 radical (unpaired) electrons. The number of anilines is 1. The number of hydrogen-bond donors (Lipinski definition) is 2. The molecule has 0 bridgehead atoms. The highest BCUT2D eigenvalue weighted by molar-refractivity contribution is 5.94. The molecule has 0 atom stereocenters. The average Bonchev–Trinajstić information content (AvgIpc) is 3.43. The Bertz CT molecular complexity index is 1400. The summed E-state index contributed by atoms with van der Waals surface area (Å²) in [6, 6.07) is 14.7. The molecule has 1 aliphatic heterocycles. The Labute approximate surface area is 194 Å². The van der Waals surface area contributed by atoms with E-state index in [9.17, 15) is 14.9 Å². The molecule has 9 nitrogen and oxygen atoms in total. The number of nitrogens with zero attached hydrogens (tertiary/aromatic N) is 2. The Kier molecular flexibility index (Phi) is 5.59. The lowest BCUT2D eigenvalue weighted by molar-refractivity contribution is -0.384. The molecule has 0 fully saturated rings. The summed E-state index contributed by atoms with van der Waals surface area (Å²) in [7, 11) is 0. The lowest BCUT2D eigenvalue weighted by atomic mass is 10.0. The largest absolute Gasteiger partial charge is 0.454 e. The van der Waals surface area contributed by atoms with Gasteiger partial charge >= 0.3 is 0 Å². The first kappa shape index (κ1) is 21.4. The summed E-state index contributed by atoms with van der Waals surface area (Å²) < 4.78 is 10.5. The number of H-pyrrole nitrogens is 1. The van der Waals surface area contributed by atoms with Gasteiger partial charge in [0.1, 0.15) is 5.69 Å². The molecule has 2 aromatic carbocycles. The van der Waals surface area contributed by atoms with Gasteiger partial charge < -0.3 is 19.8 Å². The predicted molar refractivity (Wildman–Crippen MR) is 127 cm³/mol. The summed E-state index contributed by atoms with van der Waals surface area (Å²) in [6.07, 6.45) is 3.16. The van der Waals surface area contributed by atoms with Gasteiger partial charge in [-0.05, 0) is 49.6 Å². The van der Waals surface area contributed by atoms with Gasteiger partial charge in [0.25, 0.3) is 5.69 Å². The van der Waals surface area contributed by atoms with Gasteiger partial charge in [-0.3, -0.25) is 19.9 Å². The number of rotatable bonds is 7. The first-order chi connectivity index (χ1) is 16.5. The monoisotopic (exact) mass is 458 g/mol. The SMILES string of the molecule is Cc1ccc2[nH]c(-c3ccccn3)c(CCCC(=O)Nc3cc4c(cc3[N+](=O)[O-])OCO4)c2c1. The number of nitro groups is 1. The first-order valence-corrected chi connectivity index (χ1v) is 10.9.